The molecule has 1 N–H and O–H groups in total. The molecule has 1 heterocycles. The van der Waals surface area contributed by atoms with E-state index in [9.17, 15) is 0 Å². The smallest absolute Gasteiger partial charge is 0.134 e. The molecule has 4 heteroatoms. The third-order valence-electron chi connectivity index (χ3n) is 2.46. The molecular formula is C13H14BrN3. The minimum absolute atomic E-state index is 0.522. The van der Waals surface area contributed by atoms with Crippen LogP contribution in [0.4, 0.5) is 11.5 Å². The topological polar surface area (TPSA) is 37.8 Å². The maximum atomic E-state index is 4.16. The molecule has 0 saturated carbocycles. The molecule has 0 unspecified atom stereocenters. The summed E-state index contributed by atoms with van der Waals surface area (Å²) in [5.41, 5.74) is 2.35. The zero-order valence-corrected chi connectivity index (χ0v) is 11.4. The van der Waals surface area contributed by atoms with E-state index in [1.54, 1.807) is 0 Å². The van der Waals surface area contributed by atoms with Crippen molar-refractivity contribution in [3.63, 3.8) is 0 Å². The van der Waals surface area contributed by atoms with E-state index in [2.05, 4.69) is 57.2 Å². The van der Waals surface area contributed by atoms with Crippen LogP contribution in [0.25, 0.3) is 0 Å². The van der Waals surface area contributed by atoms with E-state index in [0.29, 0.717) is 5.92 Å². The first-order chi connectivity index (χ1) is 8.15. The van der Waals surface area contributed by atoms with Crippen molar-refractivity contribution in [2.75, 3.05) is 5.32 Å². The third-order valence-corrected chi connectivity index (χ3v) is 2.89. The van der Waals surface area contributed by atoms with Gasteiger partial charge in [-0.1, -0.05) is 26.0 Å². The van der Waals surface area contributed by atoms with Gasteiger partial charge in [0, 0.05) is 11.8 Å². The molecule has 0 fully saturated rings. The van der Waals surface area contributed by atoms with Gasteiger partial charge in [0.2, 0.25) is 0 Å². The summed E-state index contributed by atoms with van der Waals surface area (Å²) in [5, 5.41) is 3.26. The van der Waals surface area contributed by atoms with Crippen LogP contribution in [0.15, 0.2) is 41.3 Å². The minimum Gasteiger partial charge on any atom is -0.340 e. The number of anilines is 2. The lowest BCUT2D eigenvalue weighted by atomic mass is 10.0. The fraction of sp³-hybridized carbons (Fsp3) is 0.231. The van der Waals surface area contributed by atoms with Crippen molar-refractivity contribution < 1.29 is 0 Å². The van der Waals surface area contributed by atoms with E-state index in [0.717, 1.165) is 16.1 Å². The first-order valence-corrected chi connectivity index (χ1v) is 6.29. The number of benzene rings is 1. The highest BCUT2D eigenvalue weighted by Crippen LogP contribution is 2.21. The van der Waals surface area contributed by atoms with Crippen LogP contribution in [0.1, 0.15) is 25.3 Å². The van der Waals surface area contributed by atoms with Gasteiger partial charge in [-0.3, -0.25) is 0 Å². The monoisotopic (exact) mass is 291 g/mol. The lowest BCUT2D eigenvalue weighted by Gasteiger charge is -2.09. The fourth-order valence-electron chi connectivity index (χ4n) is 1.53. The number of rotatable bonds is 3. The van der Waals surface area contributed by atoms with Crippen molar-refractivity contribution in [3.8, 4) is 0 Å². The van der Waals surface area contributed by atoms with E-state index in [1.807, 2.05) is 18.2 Å². The standard InChI is InChI=1S/C13H14BrN3/c1-9(2)10-4-3-5-11(6-10)17-13-7-12(14)15-8-16-13/h3-9H,1-2H3,(H,15,16,17). The van der Waals surface area contributed by atoms with Crippen LogP contribution in [0, 0.1) is 0 Å². The van der Waals surface area contributed by atoms with Crippen molar-refractivity contribution in [1.29, 1.82) is 0 Å². The van der Waals surface area contributed by atoms with Gasteiger partial charge < -0.3 is 5.32 Å². The second-order valence-corrected chi connectivity index (χ2v) is 4.94. The molecule has 17 heavy (non-hydrogen) atoms. The molecular weight excluding hydrogens is 278 g/mol. The predicted octanol–water partition coefficient (Wildman–Crippen LogP) is 4.11. The first kappa shape index (κ1) is 12.0. The molecule has 0 saturated heterocycles. The van der Waals surface area contributed by atoms with Crippen molar-refractivity contribution in [2.24, 2.45) is 0 Å². The van der Waals surface area contributed by atoms with E-state index >= 15 is 0 Å². The predicted molar refractivity (Wildman–Crippen MR) is 73.5 cm³/mol. The summed E-state index contributed by atoms with van der Waals surface area (Å²) in [6.45, 7) is 4.36. The van der Waals surface area contributed by atoms with Gasteiger partial charge in [-0.25, -0.2) is 9.97 Å². The number of nitrogens with one attached hydrogen (secondary N) is 1. The van der Waals surface area contributed by atoms with Crippen molar-refractivity contribution in [2.45, 2.75) is 19.8 Å². The van der Waals surface area contributed by atoms with Gasteiger partial charge in [0.25, 0.3) is 0 Å². The molecule has 88 valence electrons. The molecule has 0 aliphatic rings. The lowest BCUT2D eigenvalue weighted by molar-refractivity contribution is 0.867. The third kappa shape index (κ3) is 3.27. The molecule has 0 aliphatic heterocycles. The number of aromatic nitrogens is 2. The average Bonchev–Trinajstić information content (AvgIpc) is 2.29. The molecule has 3 nitrogen and oxygen atoms in total. The second kappa shape index (κ2) is 5.27. The van der Waals surface area contributed by atoms with Gasteiger partial charge in [-0.2, -0.15) is 0 Å². The Kier molecular flexibility index (Phi) is 3.74. The van der Waals surface area contributed by atoms with E-state index in [4.69, 9.17) is 0 Å². The highest BCUT2D eigenvalue weighted by molar-refractivity contribution is 9.10. The van der Waals surface area contributed by atoms with Crippen LogP contribution in [-0.2, 0) is 0 Å². The Bertz CT molecular complexity index is 512. The zero-order valence-electron chi connectivity index (χ0n) is 9.81. The summed E-state index contributed by atoms with van der Waals surface area (Å²) in [6.07, 6.45) is 1.53. The summed E-state index contributed by atoms with van der Waals surface area (Å²) in [5.74, 6) is 1.31. The maximum absolute atomic E-state index is 4.16. The zero-order chi connectivity index (χ0) is 12.3. The van der Waals surface area contributed by atoms with Crippen molar-refractivity contribution in [3.05, 3.63) is 46.8 Å². The van der Waals surface area contributed by atoms with Gasteiger partial charge in [0.05, 0.1) is 0 Å². The molecule has 0 atom stereocenters. The molecule has 0 spiro atoms. The van der Waals surface area contributed by atoms with Crippen LogP contribution >= 0.6 is 15.9 Å². The van der Waals surface area contributed by atoms with E-state index in [1.165, 1.54) is 11.9 Å². The summed E-state index contributed by atoms with van der Waals surface area (Å²) >= 11 is 3.32. The molecule has 2 aromatic rings. The van der Waals surface area contributed by atoms with Gasteiger partial charge >= 0.3 is 0 Å². The number of halogens is 1. The average molecular weight is 292 g/mol. The van der Waals surface area contributed by atoms with Crippen LogP contribution in [0.3, 0.4) is 0 Å². The summed E-state index contributed by atoms with van der Waals surface area (Å²) in [4.78, 5) is 8.15. The summed E-state index contributed by atoms with van der Waals surface area (Å²) in [7, 11) is 0. The Morgan fingerprint density at radius 2 is 2.00 bits per heavy atom. The lowest BCUT2D eigenvalue weighted by Crippen LogP contribution is -1.95. The highest BCUT2D eigenvalue weighted by atomic mass is 79.9. The second-order valence-electron chi connectivity index (χ2n) is 4.13. The Balaban J connectivity index is 2.21. The van der Waals surface area contributed by atoms with Gasteiger partial charge in [-0.15, -0.1) is 0 Å². The Labute approximate surface area is 109 Å². The maximum Gasteiger partial charge on any atom is 0.134 e. The molecule has 2 rings (SSSR count). The van der Waals surface area contributed by atoms with Gasteiger partial charge in [0.15, 0.2) is 0 Å². The number of hydrogen-bond donors (Lipinski definition) is 1. The number of hydrogen-bond acceptors (Lipinski definition) is 3. The largest absolute Gasteiger partial charge is 0.340 e. The van der Waals surface area contributed by atoms with E-state index < -0.39 is 0 Å². The van der Waals surface area contributed by atoms with Crippen molar-refractivity contribution >= 4 is 27.4 Å². The Morgan fingerprint density at radius 3 is 2.71 bits per heavy atom. The van der Waals surface area contributed by atoms with Crippen LogP contribution in [0.5, 0.6) is 0 Å². The van der Waals surface area contributed by atoms with Gasteiger partial charge in [0.1, 0.15) is 16.7 Å². The molecule has 1 aromatic heterocycles. The SMILES string of the molecule is CC(C)c1cccc(Nc2cc(Br)ncn2)c1. The molecule has 0 bridgehead atoms. The quantitative estimate of drug-likeness (QED) is 0.865. The molecule has 0 aliphatic carbocycles. The molecule has 1 aromatic carbocycles. The summed E-state index contributed by atoms with van der Waals surface area (Å²) < 4.78 is 0.773. The van der Waals surface area contributed by atoms with Crippen molar-refractivity contribution in [1.82, 2.24) is 9.97 Å². The highest BCUT2D eigenvalue weighted by Gasteiger charge is 2.01. The summed E-state index contributed by atoms with van der Waals surface area (Å²) in [6, 6.07) is 10.2. The van der Waals surface area contributed by atoms with Crippen LogP contribution < -0.4 is 5.32 Å². The first-order valence-electron chi connectivity index (χ1n) is 5.49. The van der Waals surface area contributed by atoms with Crippen LogP contribution in [0.2, 0.25) is 0 Å². The van der Waals surface area contributed by atoms with Gasteiger partial charge in [-0.05, 0) is 39.5 Å². The number of nitrogens with zero attached hydrogens (tertiary/aromatic N) is 2. The van der Waals surface area contributed by atoms with Crippen LogP contribution in [-0.4, -0.2) is 9.97 Å². The molecule has 0 radical (unpaired) electrons. The molecule has 0 amide bonds. The normalized spacial score (nSPS) is 10.6. The fourth-order valence-corrected chi connectivity index (χ4v) is 1.83. The Hall–Kier alpha value is -1.42. The minimum atomic E-state index is 0.522. The van der Waals surface area contributed by atoms with E-state index in [-0.39, 0.29) is 0 Å². The Morgan fingerprint density at radius 1 is 1.18 bits per heavy atom.